The number of quaternary nitrogens is 1. The highest BCUT2D eigenvalue weighted by Gasteiger charge is 2.27. The van der Waals surface area contributed by atoms with E-state index in [2.05, 4.69) is 19.6 Å². The van der Waals surface area contributed by atoms with Gasteiger partial charge in [-0.1, -0.05) is 19.9 Å². The minimum Gasteiger partial charge on any atom is -0.329 e. The van der Waals surface area contributed by atoms with E-state index < -0.39 is 0 Å². The molecule has 0 radical (unpaired) electrons. The average Bonchev–Trinajstić information content (AvgIpc) is 2.98. The second-order valence-corrected chi connectivity index (χ2v) is 7.75. The van der Waals surface area contributed by atoms with Crippen molar-refractivity contribution in [2.75, 3.05) is 32.7 Å². The van der Waals surface area contributed by atoms with Crippen molar-refractivity contribution in [3.8, 4) is 0 Å². The molecule has 22 heavy (non-hydrogen) atoms. The van der Waals surface area contributed by atoms with Gasteiger partial charge in [-0.05, 0) is 42.9 Å². The zero-order valence-electron chi connectivity index (χ0n) is 13.6. The van der Waals surface area contributed by atoms with Gasteiger partial charge in [-0.25, -0.2) is 0 Å². The van der Waals surface area contributed by atoms with Crippen molar-refractivity contribution < 1.29 is 9.69 Å². The highest BCUT2D eigenvalue weighted by atomic mass is 32.1. The first-order valence-corrected chi connectivity index (χ1v) is 9.38. The Hall–Kier alpha value is -1.13. The molecule has 0 bridgehead atoms. The molecule has 0 spiro atoms. The third kappa shape index (κ3) is 3.28. The molecule has 2 aliphatic rings. The molecule has 3 rings (SSSR count). The van der Waals surface area contributed by atoms with Gasteiger partial charge in [0.2, 0.25) is 0 Å². The van der Waals surface area contributed by atoms with Crippen LogP contribution in [-0.4, -0.2) is 43.5 Å². The first-order valence-electron chi connectivity index (χ1n) is 8.56. The Labute approximate surface area is 137 Å². The first kappa shape index (κ1) is 15.8. The number of nitrogens with one attached hydrogen (secondary N) is 1. The van der Waals surface area contributed by atoms with Gasteiger partial charge >= 0.3 is 0 Å². The van der Waals surface area contributed by atoms with E-state index in [1.807, 2.05) is 11.0 Å². The van der Waals surface area contributed by atoms with E-state index in [0.717, 1.165) is 43.5 Å². The Morgan fingerprint density at radius 3 is 2.95 bits per heavy atom. The van der Waals surface area contributed by atoms with Crippen LogP contribution in [0, 0.1) is 5.92 Å². The smallest absolute Gasteiger partial charge is 0.264 e. The molecule has 1 saturated heterocycles. The van der Waals surface area contributed by atoms with Crippen molar-refractivity contribution in [3.63, 3.8) is 0 Å². The molecule has 3 nitrogen and oxygen atoms in total. The van der Waals surface area contributed by atoms with Gasteiger partial charge in [-0.3, -0.25) is 4.79 Å². The van der Waals surface area contributed by atoms with Crippen LogP contribution in [0.2, 0.25) is 0 Å². The van der Waals surface area contributed by atoms with Crippen molar-refractivity contribution in [1.82, 2.24) is 4.90 Å². The van der Waals surface area contributed by atoms with Gasteiger partial charge in [-0.2, -0.15) is 0 Å². The number of nitrogens with zero attached hydrogens (tertiary/aromatic N) is 1. The quantitative estimate of drug-likeness (QED) is 0.841. The zero-order valence-corrected chi connectivity index (χ0v) is 14.4. The van der Waals surface area contributed by atoms with E-state index in [-0.39, 0.29) is 5.91 Å². The lowest BCUT2D eigenvalue weighted by Gasteiger charge is -2.31. The third-order valence-electron chi connectivity index (χ3n) is 5.16. The maximum absolute atomic E-state index is 12.7. The molecule has 1 N–H and O–H groups in total. The fourth-order valence-corrected chi connectivity index (χ4v) is 4.82. The highest BCUT2D eigenvalue weighted by molar-refractivity contribution is 7.14. The van der Waals surface area contributed by atoms with Crippen LogP contribution in [0.4, 0.5) is 0 Å². The van der Waals surface area contributed by atoms with Gasteiger partial charge in [0.15, 0.2) is 0 Å². The fourth-order valence-electron chi connectivity index (χ4n) is 3.64. The molecule has 1 aromatic rings. The summed E-state index contributed by atoms with van der Waals surface area (Å²) >= 11 is 1.75. The van der Waals surface area contributed by atoms with Gasteiger partial charge in [0, 0.05) is 4.88 Å². The molecule has 0 aromatic carbocycles. The van der Waals surface area contributed by atoms with E-state index in [9.17, 15) is 4.79 Å². The standard InChI is InChI=1S/C18H26N2OS/c1-3-7-19-8-10-20(11-9-19)18(21)17-13-15-12-14(4-2)5-6-16(15)22-17/h3,13-14H,1,4-12H2,2H3/p+1/t14-/m1/s1. The number of piperazine rings is 1. The summed E-state index contributed by atoms with van der Waals surface area (Å²) in [6, 6.07) is 2.19. The topological polar surface area (TPSA) is 24.8 Å². The summed E-state index contributed by atoms with van der Waals surface area (Å²) in [7, 11) is 0. The van der Waals surface area contributed by atoms with Crippen molar-refractivity contribution in [2.45, 2.75) is 32.6 Å². The number of rotatable bonds is 4. The summed E-state index contributed by atoms with van der Waals surface area (Å²) in [5.74, 6) is 1.07. The summed E-state index contributed by atoms with van der Waals surface area (Å²) in [5.41, 5.74) is 1.45. The number of fused-ring (bicyclic) bond motifs is 1. The molecule has 1 aromatic heterocycles. The third-order valence-corrected chi connectivity index (χ3v) is 6.39. The molecule has 0 unspecified atom stereocenters. The Kier molecular flexibility index (Phi) is 4.99. The van der Waals surface area contributed by atoms with Crippen LogP contribution < -0.4 is 4.90 Å². The predicted molar refractivity (Wildman–Crippen MR) is 91.8 cm³/mol. The van der Waals surface area contributed by atoms with Gasteiger partial charge < -0.3 is 9.80 Å². The molecule has 4 heteroatoms. The van der Waals surface area contributed by atoms with Gasteiger partial charge in [0.1, 0.15) is 0 Å². The largest absolute Gasteiger partial charge is 0.329 e. The van der Waals surface area contributed by atoms with Gasteiger partial charge in [0.05, 0.1) is 37.6 Å². The summed E-state index contributed by atoms with van der Waals surface area (Å²) in [5, 5.41) is 0. The van der Waals surface area contributed by atoms with Crippen LogP contribution in [0.1, 0.15) is 39.9 Å². The molecular weight excluding hydrogens is 292 g/mol. The first-order chi connectivity index (χ1) is 10.7. The summed E-state index contributed by atoms with van der Waals surface area (Å²) in [6.45, 7) is 10.9. The summed E-state index contributed by atoms with van der Waals surface area (Å²) in [6.07, 6.45) is 6.87. The van der Waals surface area contributed by atoms with E-state index in [1.165, 1.54) is 41.0 Å². The molecule has 1 fully saturated rings. The predicted octanol–water partition coefficient (Wildman–Crippen LogP) is 1.79. The number of carbonyl (C=O) groups excluding carboxylic acids is 1. The van der Waals surface area contributed by atoms with E-state index in [0.29, 0.717) is 0 Å². The lowest BCUT2D eigenvalue weighted by Crippen LogP contribution is -3.14. The molecule has 0 saturated carbocycles. The van der Waals surface area contributed by atoms with Crippen LogP contribution in [-0.2, 0) is 12.8 Å². The average molecular weight is 319 g/mol. The van der Waals surface area contributed by atoms with Gasteiger partial charge in [-0.15, -0.1) is 11.3 Å². The number of hydrogen-bond donors (Lipinski definition) is 1. The van der Waals surface area contributed by atoms with Crippen molar-refractivity contribution in [1.29, 1.82) is 0 Å². The molecular formula is C18H27N2OS+. The number of hydrogen-bond acceptors (Lipinski definition) is 2. The molecule has 1 aliphatic heterocycles. The highest BCUT2D eigenvalue weighted by Crippen LogP contribution is 2.34. The normalized spacial score (nSPS) is 22.4. The Bertz CT molecular complexity index is 543. The molecule has 1 aliphatic carbocycles. The molecule has 1 amide bonds. The summed E-state index contributed by atoms with van der Waals surface area (Å²) < 4.78 is 0. The van der Waals surface area contributed by atoms with E-state index >= 15 is 0 Å². The molecule has 120 valence electrons. The van der Waals surface area contributed by atoms with Crippen LogP contribution in [0.25, 0.3) is 0 Å². The Morgan fingerprint density at radius 2 is 2.27 bits per heavy atom. The minimum atomic E-state index is 0.255. The number of aryl methyl sites for hydroxylation is 1. The second kappa shape index (κ2) is 6.97. The van der Waals surface area contributed by atoms with Crippen LogP contribution in [0.15, 0.2) is 18.7 Å². The molecule has 2 heterocycles. The van der Waals surface area contributed by atoms with Crippen molar-refractivity contribution in [2.24, 2.45) is 5.92 Å². The van der Waals surface area contributed by atoms with Crippen LogP contribution >= 0.6 is 11.3 Å². The zero-order chi connectivity index (χ0) is 15.5. The van der Waals surface area contributed by atoms with Crippen molar-refractivity contribution in [3.05, 3.63) is 34.0 Å². The second-order valence-electron chi connectivity index (χ2n) is 6.61. The number of amides is 1. The minimum absolute atomic E-state index is 0.255. The number of thiophene rings is 1. The lowest BCUT2D eigenvalue weighted by molar-refractivity contribution is -0.898. The maximum Gasteiger partial charge on any atom is 0.264 e. The molecule has 1 atom stereocenters. The lowest BCUT2D eigenvalue weighted by atomic mass is 9.87. The van der Waals surface area contributed by atoms with Crippen molar-refractivity contribution >= 4 is 17.2 Å². The fraction of sp³-hybridized carbons (Fsp3) is 0.611. The Balaban J connectivity index is 1.64. The summed E-state index contributed by atoms with van der Waals surface area (Å²) in [4.78, 5) is 18.7. The maximum atomic E-state index is 12.7. The number of carbonyl (C=O) groups is 1. The SMILES string of the molecule is C=CC[NH+]1CCN(C(=O)c2cc3c(s2)CC[C@@H](CC)C3)CC1. The van der Waals surface area contributed by atoms with E-state index in [1.54, 1.807) is 11.3 Å². The Morgan fingerprint density at radius 1 is 1.50 bits per heavy atom. The van der Waals surface area contributed by atoms with Crippen LogP contribution in [0.5, 0.6) is 0 Å². The van der Waals surface area contributed by atoms with Gasteiger partial charge in [0.25, 0.3) is 5.91 Å². The monoisotopic (exact) mass is 319 g/mol. The van der Waals surface area contributed by atoms with E-state index in [4.69, 9.17) is 0 Å². The van der Waals surface area contributed by atoms with Crippen LogP contribution in [0.3, 0.4) is 0 Å².